The molecule has 0 aromatic carbocycles. The van der Waals surface area contributed by atoms with Crippen molar-refractivity contribution in [1.29, 1.82) is 0 Å². The lowest BCUT2D eigenvalue weighted by Crippen LogP contribution is -2.34. The molecule has 0 saturated carbocycles. The monoisotopic (exact) mass is 209 g/mol. The molecule has 4 nitrogen and oxygen atoms in total. The second-order valence-corrected chi connectivity index (χ2v) is 3.82. The van der Waals surface area contributed by atoms with E-state index >= 15 is 0 Å². The lowest BCUT2D eigenvalue weighted by molar-refractivity contribution is 0.0112. The van der Waals surface area contributed by atoms with Gasteiger partial charge >= 0.3 is 0 Å². The number of aromatic nitrogens is 2. The summed E-state index contributed by atoms with van der Waals surface area (Å²) in [4.78, 5) is 8.21. The van der Waals surface area contributed by atoms with E-state index in [2.05, 4.69) is 23.8 Å². The average molecular weight is 209 g/mol. The standard InChI is InChI=1S/C11H19N3O/c1-4-15-11(8(2)3)10(12)9-7-13-5-6-14-9/h5-8,10-11H,4,12H2,1-3H3. The fraction of sp³-hybridized carbons (Fsp3) is 0.636. The molecule has 2 N–H and O–H groups in total. The van der Waals surface area contributed by atoms with Crippen LogP contribution in [0.1, 0.15) is 32.5 Å². The first kappa shape index (κ1) is 12.1. The molecule has 1 rings (SSSR count). The predicted molar refractivity (Wildman–Crippen MR) is 59.2 cm³/mol. The molecule has 84 valence electrons. The minimum atomic E-state index is -0.210. The molecule has 0 bridgehead atoms. The van der Waals surface area contributed by atoms with Crippen LogP contribution in [-0.4, -0.2) is 22.7 Å². The molecule has 15 heavy (non-hydrogen) atoms. The molecule has 1 aromatic rings. The summed E-state index contributed by atoms with van der Waals surface area (Å²) in [6, 6.07) is -0.210. The van der Waals surface area contributed by atoms with E-state index in [4.69, 9.17) is 10.5 Å². The Morgan fingerprint density at radius 3 is 2.60 bits per heavy atom. The van der Waals surface area contributed by atoms with Crippen molar-refractivity contribution < 1.29 is 4.74 Å². The Morgan fingerprint density at radius 2 is 2.13 bits per heavy atom. The van der Waals surface area contributed by atoms with Gasteiger partial charge in [-0.1, -0.05) is 13.8 Å². The predicted octanol–water partition coefficient (Wildman–Crippen LogP) is 1.54. The summed E-state index contributed by atoms with van der Waals surface area (Å²) in [6.45, 7) is 6.82. The minimum Gasteiger partial charge on any atom is -0.376 e. The van der Waals surface area contributed by atoms with Gasteiger partial charge in [0.15, 0.2) is 0 Å². The molecule has 1 aromatic heterocycles. The third-order valence-corrected chi connectivity index (χ3v) is 2.29. The molecular weight excluding hydrogens is 190 g/mol. The SMILES string of the molecule is CCOC(C(C)C)C(N)c1cnccn1. The Kier molecular flexibility index (Phi) is 4.65. The van der Waals surface area contributed by atoms with Crippen molar-refractivity contribution in [1.82, 2.24) is 9.97 Å². The third kappa shape index (κ3) is 3.25. The van der Waals surface area contributed by atoms with Gasteiger partial charge in [0.1, 0.15) is 0 Å². The minimum absolute atomic E-state index is 0.00769. The third-order valence-electron chi connectivity index (χ3n) is 2.29. The van der Waals surface area contributed by atoms with Gasteiger partial charge in [0.05, 0.1) is 24.0 Å². The van der Waals surface area contributed by atoms with Crippen LogP contribution in [0.3, 0.4) is 0 Å². The molecule has 2 unspecified atom stereocenters. The first-order chi connectivity index (χ1) is 7.16. The zero-order valence-electron chi connectivity index (χ0n) is 9.55. The molecular formula is C11H19N3O. The van der Waals surface area contributed by atoms with Gasteiger partial charge in [0.25, 0.3) is 0 Å². The van der Waals surface area contributed by atoms with Crippen LogP contribution < -0.4 is 5.73 Å². The van der Waals surface area contributed by atoms with Gasteiger partial charge in [-0.05, 0) is 12.8 Å². The number of hydrogen-bond acceptors (Lipinski definition) is 4. The van der Waals surface area contributed by atoms with Crippen LogP contribution in [0, 0.1) is 5.92 Å². The summed E-state index contributed by atoms with van der Waals surface area (Å²) >= 11 is 0. The largest absolute Gasteiger partial charge is 0.376 e. The first-order valence-corrected chi connectivity index (χ1v) is 5.30. The van der Waals surface area contributed by atoms with Crippen molar-refractivity contribution in [3.05, 3.63) is 24.3 Å². The number of ether oxygens (including phenoxy) is 1. The lowest BCUT2D eigenvalue weighted by Gasteiger charge is -2.26. The number of nitrogens with two attached hydrogens (primary N) is 1. The van der Waals surface area contributed by atoms with E-state index in [9.17, 15) is 0 Å². The first-order valence-electron chi connectivity index (χ1n) is 5.30. The van der Waals surface area contributed by atoms with Gasteiger partial charge in [0, 0.05) is 19.0 Å². The highest BCUT2D eigenvalue weighted by Gasteiger charge is 2.24. The van der Waals surface area contributed by atoms with E-state index in [1.807, 2.05) is 6.92 Å². The highest BCUT2D eigenvalue weighted by atomic mass is 16.5. The molecule has 0 amide bonds. The normalized spacial score (nSPS) is 15.3. The molecule has 0 radical (unpaired) electrons. The highest BCUT2D eigenvalue weighted by molar-refractivity contribution is 5.04. The number of nitrogens with zero attached hydrogens (tertiary/aromatic N) is 2. The van der Waals surface area contributed by atoms with Crippen molar-refractivity contribution in [2.24, 2.45) is 11.7 Å². The molecule has 2 atom stereocenters. The zero-order chi connectivity index (χ0) is 11.3. The molecule has 4 heteroatoms. The second kappa shape index (κ2) is 5.78. The van der Waals surface area contributed by atoms with Crippen LogP contribution in [0.2, 0.25) is 0 Å². The summed E-state index contributed by atoms with van der Waals surface area (Å²) in [5.74, 6) is 0.363. The maximum Gasteiger partial charge on any atom is 0.0806 e. The van der Waals surface area contributed by atoms with Crippen molar-refractivity contribution in [3.8, 4) is 0 Å². The van der Waals surface area contributed by atoms with Crippen LogP contribution in [0.25, 0.3) is 0 Å². The van der Waals surface area contributed by atoms with E-state index in [0.717, 1.165) is 5.69 Å². The summed E-state index contributed by atoms with van der Waals surface area (Å²) < 4.78 is 5.63. The van der Waals surface area contributed by atoms with E-state index in [1.165, 1.54) is 0 Å². The summed E-state index contributed by atoms with van der Waals surface area (Å²) in [7, 11) is 0. The Bertz CT molecular complexity index is 276. The highest BCUT2D eigenvalue weighted by Crippen LogP contribution is 2.20. The van der Waals surface area contributed by atoms with E-state index in [1.54, 1.807) is 18.6 Å². The van der Waals surface area contributed by atoms with Crippen LogP contribution in [0.15, 0.2) is 18.6 Å². The Labute approximate surface area is 90.9 Å². The summed E-state index contributed by atoms with van der Waals surface area (Å²) in [5, 5.41) is 0. The van der Waals surface area contributed by atoms with Crippen LogP contribution in [-0.2, 0) is 4.74 Å². The van der Waals surface area contributed by atoms with Gasteiger partial charge in [-0.25, -0.2) is 0 Å². The van der Waals surface area contributed by atoms with Gasteiger partial charge in [-0.3, -0.25) is 9.97 Å². The lowest BCUT2D eigenvalue weighted by atomic mass is 9.98. The molecule has 0 aliphatic heterocycles. The molecule has 0 saturated heterocycles. The fourth-order valence-electron chi connectivity index (χ4n) is 1.55. The van der Waals surface area contributed by atoms with Gasteiger partial charge < -0.3 is 10.5 Å². The van der Waals surface area contributed by atoms with Crippen molar-refractivity contribution in [2.75, 3.05) is 6.61 Å². The second-order valence-electron chi connectivity index (χ2n) is 3.82. The molecule has 1 heterocycles. The van der Waals surface area contributed by atoms with Gasteiger partial charge in [0.2, 0.25) is 0 Å². The smallest absolute Gasteiger partial charge is 0.0806 e. The van der Waals surface area contributed by atoms with Crippen LogP contribution >= 0.6 is 0 Å². The fourth-order valence-corrected chi connectivity index (χ4v) is 1.55. The van der Waals surface area contributed by atoms with Gasteiger partial charge in [-0.15, -0.1) is 0 Å². The number of hydrogen-bond donors (Lipinski definition) is 1. The van der Waals surface area contributed by atoms with Crippen LogP contribution in [0.4, 0.5) is 0 Å². The zero-order valence-corrected chi connectivity index (χ0v) is 9.55. The molecule has 0 aliphatic rings. The van der Waals surface area contributed by atoms with Crippen molar-refractivity contribution in [2.45, 2.75) is 32.9 Å². The van der Waals surface area contributed by atoms with Gasteiger partial charge in [-0.2, -0.15) is 0 Å². The topological polar surface area (TPSA) is 61.0 Å². The Morgan fingerprint density at radius 1 is 1.40 bits per heavy atom. The average Bonchev–Trinajstić information content (AvgIpc) is 2.26. The molecule has 0 fully saturated rings. The Hall–Kier alpha value is -1.00. The van der Waals surface area contributed by atoms with Crippen molar-refractivity contribution >= 4 is 0 Å². The van der Waals surface area contributed by atoms with Crippen LogP contribution in [0.5, 0.6) is 0 Å². The van der Waals surface area contributed by atoms with E-state index < -0.39 is 0 Å². The summed E-state index contributed by atoms with van der Waals surface area (Å²) in [6.07, 6.45) is 4.98. The maximum atomic E-state index is 6.10. The summed E-state index contributed by atoms with van der Waals surface area (Å²) in [5.41, 5.74) is 6.88. The molecule has 0 spiro atoms. The van der Waals surface area contributed by atoms with E-state index in [-0.39, 0.29) is 12.1 Å². The van der Waals surface area contributed by atoms with E-state index in [0.29, 0.717) is 12.5 Å². The number of rotatable bonds is 5. The maximum absolute atomic E-state index is 6.10. The quantitative estimate of drug-likeness (QED) is 0.799. The van der Waals surface area contributed by atoms with Crippen molar-refractivity contribution in [3.63, 3.8) is 0 Å². The Balaban J connectivity index is 2.76. The molecule has 0 aliphatic carbocycles.